The Morgan fingerprint density at radius 2 is 2.12 bits per heavy atom. The van der Waals surface area contributed by atoms with Crippen molar-refractivity contribution in [3.8, 4) is 11.3 Å². The summed E-state index contributed by atoms with van der Waals surface area (Å²) >= 11 is 0. The maximum absolute atomic E-state index is 11.7. The first kappa shape index (κ1) is 21.2. The summed E-state index contributed by atoms with van der Waals surface area (Å²) < 4.78 is 23.3. The van der Waals surface area contributed by atoms with Crippen LogP contribution in [0.15, 0.2) is 53.8 Å². The maximum atomic E-state index is 11.7. The number of nitrogens with one attached hydrogen (secondary N) is 3. The molecule has 1 aliphatic heterocycles. The highest BCUT2D eigenvalue weighted by molar-refractivity contribution is 7.89. The molecule has 0 saturated carbocycles. The van der Waals surface area contributed by atoms with Crippen LogP contribution in [0, 0.1) is 0 Å². The van der Waals surface area contributed by atoms with Crippen molar-refractivity contribution in [1.82, 2.24) is 19.9 Å². The Balaban J connectivity index is 1.47. The summed E-state index contributed by atoms with van der Waals surface area (Å²) in [6.45, 7) is 1.48. The van der Waals surface area contributed by atoms with E-state index in [-0.39, 0.29) is 16.9 Å². The molecule has 0 amide bonds. The first-order valence-electron chi connectivity index (χ1n) is 10.4. The van der Waals surface area contributed by atoms with Crippen molar-refractivity contribution in [3.05, 3.63) is 48.9 Å². The SMILES string of the molecule is NS(=O)(=O)c1cccc(Nc2nc(-c3ccc(N4CCCC(O)C4)[nH+]c3)c3[nH]cnc3n2)c1. The van der Waals surface area contributed by atoms with Crippen molar-refractivity contribution in [1.29, 1.82) is 0 Å². The van der Waals surface area contributed by atoms with Crippen LogP contribution in [0.2, 0.25) is 0 Å². The Morgan fingerprint density at radius 3 is 2.88 bits per heavy atom. The summed E-state index contributed by atoms with van der Waals surface area (Å²) in [4.78, 5) is 21.8. The van der Waals surface area contributed by atoms with Crippen LogP contribution < -0.4 is 20.3 Å². The largest absolute Gasteiger partial charge is 0.389 e. The minimum absolute atomic E-state index is 0.0124. The predicted molar refractivity (Wildman–Crippen MR) is 122 cm³/mol. The van der Waals surface area contributed by atoms with Gasteiger partial charge in [0.15, 0.2) is 5.65 Å². The molecule has 12 heteroatoms. The highest BCUT2D eigenvalue weighted by Crippen LogP contribution is 2.27. The Hall–Kier alpha value is -3.61. The lowest BCUT2D eigenvalue weighted by molar-refractivity contribution is -0.363. The number of aliphatic hydroxyl groups is 1. The molecule has 0 aliphatic carbocycles. The third-order valence-corrected chi connectivity index (χ3v) is 6.42. The van der Waals surface area contributed by atoms with Gasteiger partial charge in [-0.25, -0.2) is 28.5 Å². The molecule has 1 unspecified atom stereocenters. The highest BCUT2D eigenvalue weighted by Gasteiger charge is 2.24. The maximum Gasteiger partial charge on any atom is 0.274 e. The number of H-pyrrole nitrogens is 2. The molecule has 5 rings (SSSR count). The number of anilines is 3. The first-order chi connectivity index (χ1) is 15.9. The van der Waals surface area contributed by atoms with Gasteiger partial charge in [0.1, 0.15) is 17.8 Å². The number of aromatic nitrogens is 5. The summed E-state index contributed by atoms with van der Waals surface area (Å²) in [5.74, 6) is 1.19. The molecule has 1 aromatic carbocycles. The molecule has 1 atom stereocenters. The fraction of sp³-hybridized carbons (Fsp3) is 0.238. The molecule has 6 N–H and O–H groups in total. The summed E-state index contributed by atoms with van der Waals surface area (Å²) in [5, 5.41) is 18.2. The average Bonchev–Trinajstić information content (AvgIpc) is 3.27. The van der Waals surface area contributed by atoms with Gasteiger partial charge in [0.05, 0.1) is 30.1 Å². The van der Waals surface area contributed by atoms with Crippen molar-refractivity contribution in [2.45, 2.75) is 23.8 Å². The normalized spacial score (nSPS) is 16.8. The molecule has 11 nitrogen and oxygen atoms in total. The van der Waals surface area contributed by atoms with E-state index in [0.29, 0.717) is 29.1 Å². The smallest absolute Gasteiger partial charge is 0.274 e. The second-order valence-corrected chi connectivity index (χ2v) is 9.46. The van der Waals surface area contributed by atoms with Crippen molar-refractivity contribution >= 4 is 38.6 Å². The fourth-order valence-corrected chi connectivity index (χ4v) is 4.47. The van der Waals surface area contributed by atoms with Gasteiger partial charge in [-0.3, -0.25) is 4.90 Å². The number of β-amino-alcohol motifs (C(OH)–C–C–N with tert-alkyl or cyclic N) is 1. The zero-order valence-corrected chi connectivity index (χ0v) is 18.4. The lowest BCUT2D eigenvalue weighted by atomic mass is 10.1. The highest BCUT2D eigenvalue weighted by atomic mass is 32.2. The average molecular weight is 468 g/mol. The number of piperidine rings is 1. The number of hydrogen-bond acceptors (Lipinski definition) is 8. The van der Waals surface area contributed by atoms with Gasteiger partial charge in [0.2, 0.25) is 16.0 Å². The number of hydrogen-bond donors (Lipinski definition) is 4. The number of primary sulfonamides is 1. The van der Waals surface area contributed by atoms with Gasteiger partial charge in [-0.2, -0.15) is 4.98 Å². The van der Waals surface area contributed by atoms with Gasteiger partial charge < -0.3 is 15.4 Å². The molecule has 4 aromatic rings. The lowest BCUT2D eigenvalue weighted by Gasteiger charge is -2.24. The van der Waals surface area contributed by atoms with Crippen LogP contribution >= 0.6 is 0 Å². The van der Waals surface area contributed by atoms with Gasteiger partial charge in [0, 0.05) is 17.3 Å². The molecular weight excluding hydrogens is 444 g/mol. The number of pyridine rings is 1. The second kappa shape index (κ2) is 8.39. The zero-order valence-electron chi connectivity index (χ0n) is 17.6. The van der Waals surface area contributed by atoms with Gasteiger partial charge in [-0.1, -0.05) is 6.07 Å². The van der Waals surface area contributed by atoms with Gasteiger partial charge in [-0.15, -0.1) is 0 Å². The van der Waals surface area contributed by atoms with E-state index in [4.69, 9.17) is 5.14 Å². The summed E-state index contributed by atoms with van der Waals surface area (Å²) in [7, 11) is -3.83. The first-order valence-corrected chi connectivity index (χ1v) is 12.0. The van der Waals surface area contributed by atoms with E-state index in [2.05, 4.69) is 35.1 Å². The lowest BCUT2D eigenvalue weighted by Crippen LogP contribution is -2.40. The van der Waals surface area contributed by atoms with E-state index < -0.39 is 10.0 Å². The van der Waals surface area contributed by atoms with Crippen LogP contribution in [0.25, 0.3) is 22.4 Å². The van der Waals surface area contributed by atoms with Gasteiger partial charge in [-0.05, 0) is 37.1 Å². The Bertz CT molecular complexity index is 1400. The zero-order chi connectivity index (χ0) is 23.0. The van der Waals surface area contributed by atoms with E-state index in [1.807, 2.05) is 18.3 Å². The minimum atomic E-state index is -3.83. The third kappa shape index (κ3) is 4.49. The van der Waals surface area contributed by atoms with Crippen molar-refractivity contribution in [2.75, 3.05) is 23.3 Å². The summed E-state index contributed by atoms with van der Waals surface area (Å²) in [6.07, 6.45) is 4.84. The minimum Gasteiger partial charge on any atom is -0.389 e. The Labute approximate surface area is 189 Å². The van der Waals surface area contributed by atoms with Crippen molar-refractivity contribution in [2.24, 2.45) is 5.14 Å². The number of benzene rings is 1. The molecular formula is C21H23N8O3S+. The van der Waals surface area contributed by atoms with E-state index >= 15 is 0 Å². The molecule has 1 aliphatic rings. The number of aliphatic hydroxyl groups excluding tert-OH is 1. The topological polar surface area (TPSA) is 164 Å². The van der Waals surface area contributed by atoms with E-state index in [1.54, 1.807) is 18.5 Å². The number of sulfonamides is 1. The number of nitrogens with two attached hydrogens (primary N) is 1. The van der Waals surface area contributed by atoms with Crippen LogP contribution in [0.3, 0.4) is 0 Å². The molecule has 0 bridgehead atoms. The van der Waals surface area contributed by atoms with Gasteiger partial charge in [0.25, 0.3) is 5.82 Å². The molecule has 1 saturated heterocycles. The molecule has 4 heterocycles. The van der Waals surface area contributed by atoms with Crippen molar-refractivity contribution in [3.63, 3.8) is 0 Å². The molecule has 1 fully saturated rings. The number of rotatable bonds is 5. The van der Waals surface area contributed by atoms with Crippen LogP contribution in [-0.2, 0) is 10.0 Å². The third-order valence-electron chi connectivity index (χ3n) is 5.51. The molecule has 33 heavy (non-hydrogen) atoms. The molecule has 3 aromatic heterocycles. The fourth-order valence-electron chi connectivity index (χ4n) is 3.91. The van der Waals surface area contributed by atoms with Crippen LogP contribution in [0.1, 0.15) is 12.8 Å². The number of aromatic amines is 2. The molecule has 0 radical (unpaired) electrons. The summed E-state index contributed by atoms with van der Waals surface area (Å²) in [5.41, 5.74) is 3.06. The Morgan fingerprint density at radius 1 is 1.24 bits per heavy atom. The number of fused-ring (bicyclic) bond motifs is 1. The standard InChI is InChI=1S/C21H22N8O3S/c22-33(31,32)16-5-1-3-14(9-16)26-21-27-18(19-20(28-21)25-12-24-19)13-6-7-17(23-10-13)29-8-2-4-15(30)11-29/h1,3,5-7,9-10,12,15,30H,2,4,8,11H2,(H2,22,31,32)(H2,24,25,26,27,28)/p+1. The predicted octanol–water partition coefficient (Wildman–Crippen LogP) is 1.19. The summed E-state index contributed by atoms with van der Waals surface area (Å²) in [6, 6.07) is 10.0. The number of imidazole rings is 1. The molecule has 0 spiro atoms. The van der Waals surface area contributed by atoms with Crippen LogP contribution in [0.4, 0.5) is 17.5 Å². The van der Waals surface area contributed by atoms with Crippen LogP contribution in [0.5, 0.6) is 0 Å². The van der Waals surface area contributed by atoms with Crippen molar-refractivity contribution < 1.29 is 18.5 Å². The van der Waals surface area contributed by atoms with Crippen LogP contribution in [-0.4, -0.2) is 52.7 Å². The Kier molecular flexibility index (Phi) is 5.40. The van der Waals surface area contributed by atoms with Gasteiger partial charge >= 0.3 is 0 Å². The van der Waals surface area contributed by atoms with E-state index in [1.165, 1.54) is 12.1 Å². The molecule has 170 valence electrons. The van der Waals surface area contributed by atoms with E-state index in [0.717, 1.165) is 30.8 Å². The monoisotopic (exact) mass is 467 g/mol. The second-order valence-electron chi connectivity index (χ2n) is 7.90. The van der Waals surface area contributed by atoms with E-state index in [9.17, 15) is 13.5 Å². The quantitative estimate of drug-likeness (QED) is 0.340. The number of nitrogens with zero attached hydrogens (tertiary/aromatic N) is 4.